The van der Waals surface area contributed by atoms with Gasteiger partial charge in [-0.05, 0) is 51.9 Å². The van der Waals surface area contributed by atoms with E-state index in [1.807, 2.05) is 25.8 Å². The van der Waals surface area contributed by atoms with E-state index < -0.39 is 0 Å². The lowest BCUT2D eigenvalue weighted by atomic mass is 10.0. The quantitative estimate of drug-likeness (QED) is 0.777. The lowest BCUT2D eigenvalue weighted by molar-refractivity contribution is 0.0707. The smallest absolute Gasteiger partial charge is 0.319 e. The van der Waals surface area contributed by atoms with Crippen molar-refractivity contribution in [3.8, 4) is 0 Å². The van der Waals surface area contributed by atoms with Gasteiger partial charge in [-0.15, -0.1) is 12.4 Å². The van der Waals surface area contributed by atoms with Crippen LogP contribution in [0.25, 0.3) is 0 Å². The number of nitrogens with one attached hydrogen (secondary N) is 3. The number of benzene rings is 1. The summed E-state index contributed by atoms with van der Waals surface area (Å²) in [5.41, 5.74) is 1.23. The molecule has 0 unspecified atom stereocenters. The van der Waals surface area contributed by atoms with Gasteiger partial charge >= 0.3 is 6.03 Å². The molecule has 1 aliphatic rings. The number of urea groups is 1. The van der Waals surface area contributed by atoms with Crippen LogP contribution in [-0.2, 0) is 0 Å². The molecule has 1 aromatic rings. The highest BCUT2D eigenvalue weighted by Crippen LogP contribution is 2.16. The lowest BCUT2D eigenvalue weighted by Crippen LogP contribution is -2.44. The number of halogens is 1. The fraction of sp³-hybridized carbons (Fsp3) is 0.529. The van der Waals surface area contributed by atoms with Crippen LogP contribution in [0.2, 0.25) is 0 Å². The summed E-state index contributed by atoms with van der Waals surface area (Å²) in [6.45, 7) is 5.31. The predicted octanol–water partition coefficient (Wildman–Crippen LogP) is 2.46. The molecule has 0 bridgehead atoms. The summed E-state index contributed by atoms with van der Waals surface area (Å²) < 4.78 is 0. The first-order valence-electron chi connectivity index (χ1n) is 8.13. The van der Waals surface area contributed by atoms with Gasteiger partial charge in [0.1, 0.15) is 0 Å². The number of amides is 3. The van der Waals surface area contributed by atoms with E-state index in [1.54, 1.807) is 24.3 Å². The standard InChI is InChI=1S/C17H26N4O2.ClH/c1-12(2)19-17(23)20-15-6-4-5-13(11-15)16(22)21-9-7-14(18-3)8-10-21;/h4-6,11-12,14,18H,7-10H2,1-3H3,(H2,19,20,23);1H. The van der Waals surface area contributed by atoms with E-state index in [-0.39, 0.29) is 30.4 Å². The number of carbonyl (C=O) groups excluding carboxylic acids is 2. The topological polar surface area (TPSA) is 73.5 Å². The van der Waals surface area contributed by atoms with E-state index >= 15 is 0 Å². The van der Waals surface area contributed by atoms with Crippen molar-refractivity contribution in [2.45, 2.75) is 38.8 Å². The highest BCUT2D eigenvalue weighted by molar-refractivity contribution is 5.97. The van der Waals surface area contributed by atoms with Gasteiger partial charge < -0.3 is 20.9 Å². The van der Waals surface area contributed by atoms with E-state index in [1.165, 1.54) is 0 Å². The number of piperidine rings is 1. The van der Waals surface area contributed by atoms with Crippen molar-refractivity contribution >= 4 is 30.0 Å². The molecule has 1 aliphatic heterocycles. The molecule has 7 heteroatoms. The predicted molar refractivity (Wildman–Crippen MR) is 99.0 cm³/mol. The average Bonchev–Trinajstić information content (AvgIpc) is 2.53. The Labute approximate surface area is 149 Å². The van der Waals surface area contributed by atoms with E-state index in [0.29, 0.717) is 17.3 Å². The third-order valence-electron chi connectivity index (χ3n) is 3.98. The van der Waals surface area contributed by atoms with Gasteiger partial charge in [-0.2, -0.15) is 0 Å². The van der Waals surface area contributed by atoms with Crippen molar-refractivity contribution in [3.63, 3.8) is 0 Å². The summed E-state index contributed by atoms with van der Waals surface area (Å²) in [6, 6.07) is 7.38. The molecular formula is C17H27ClN4O2. The summed E-state index contributed by atoms with van der Waals surface area (Å²) in [7, 11) is 1.96. The second kappa shape index (κ2) is 9.49. The number of nitrogens with zero attached hydrogens (tertiary/aromatic N) is 1. The van der Waals surface area contributed by atoms with Gasteiger partial charge in [-0.25, -0.2) is 4.79 Å². The van der Waals surface area contributed by atoms with Gasteiger partial charge in [0, 0.05) is 36.4 Å². The fourth-order valence-electron chi connectivity index (χ4n) is 2.71. The van der Waals surface area contributed by atoms with E-state index in [4.69, 9.17) is 0 Å². The van der Waals surface area contributed by atoms with Crippen LogP contribution in [0.15, 0.2) is 24.3 Å². The minimum absolute atomic E-state index is 0. The van der Waals surface area contributed by atoms with Gasteiger partial charge in [-0.3, -0.25) is 4.79 Å². The molecule has 1 heterocycles. The molecule has 1 saturated heterocycles. The number of rotatable bonds is 4. The number of hydrogen-bond acceptors (Lipinski definition) is 3. The molecule has 0 radical (unpaired) electrons. The molecule has 6 nitrogen and oxygen atoms in total. The Balaban J connectivity index is 0.00000288. The maximum absolute atomic E-state index is 12.6. The van der Waals surface area contributed by atoms with E-state index in [0.717, 1.165) is 25.9 Å². The Morgan fingerprint density at radius 1 is 1.21 bits per heavy atom. The molecule has 0 atom stereocenters. The summed E-state index contributed by atoms with van der Waals surface area (Å²) in [4.78, 5) is 26.2. The zero-order valence-electron chi connectivity index (χ0n) is 14.5. The Morgan fingerprint density at radius 3 is 2.46 bits per heavy atom. The molecule has 3 amide bonds. The molecule has 1 fully saturated rings. The third kappa shape index (κ3) is 5.69. The van der Waals surface area contributed by atoms with Crippen molar-refractivity contribution in [3.05, 3.63) is 29.8 Å². The molecule has 0 aliphatic carbocycles. The zero-order chi connectivity index (χ0) is 16.8. The van der Waals surface area contributed by atoms with Crippen molar-refractivity contribution < 1.29 is 9.59 Å². The molecule has 1 aromatic carbocycles. The Morgan fingerprint density at radius 2 is 1.88 bits per heavy atom. The second-order valence-electron chi connectivity index (χ2n) is 6.19. The molecule has 24 heavy (non-hydrogen) atoms. The van der Waals surface area contributed by atoms with Gasteiger partial charge in [0.2, 0.25) is 0 Å². The minimum atomic E-state index is -0.264. The molecule has 2 rings (SSSR count). The number of hydrogen-bond donors (Lipinski definition) is 3. The largest absolute Gasteiger partial charge is 0.339 e. The van der Waals surface area contributed by atoms with Crippen LogP contribution in [0.5, 0.6) is 0 Å². The number of likely N-dealkylation sites (tertiary alicyclic amines) is 1. The maximum atomic E-state index is 12.6. The van der Waals surface area contributed by atoms with E-state index in [9.17, 15) is 9.59 Å². The first-order valence-corrected chi connectivity index (χ1v) is 8.13. The Hall–Kier alpha value is -1.79. The van der Waals surface area contributed by atoms with Crippen molar-refractivity contribution in [1.29, 1.82) is 0 Å². The summed E-state index contributed by atoms with van der Waals surface area (Å²) in [6.07, 6.45) is 1.94. The zero-order valence-corrected chi connectivity index (χ0v) is 15.3. The van der Waals surface area contributed by atoms with Crippen LogP contribution in [0.3, 0.4) is 0 Å². The first-order chi connectivity index (χ1) is 11.0. The first kappa shape index (κ1) is 20.3. The van der Waals surface area contributed by atoms with Crippen LogP contribution in [-0.4, -0.2) is 49.1 Å². The normalized spacial score (nSPS) is 14.9. The van der Waals surface area contributed by atoms with Crippen molar-refractivity contribution in [2.24, 2.45) is 0 Å². The van der Waals surface area contributed by atoms with E-state index in [2.05, 4.69) is 16.0 Å². The van der Waals surface area contributed by atoms with Crippen molar-refractivity contribution in [1.82, 2.24) is 15.5 Å². The van der Waals surface area contributed by atoms with Gasteiger partial charge in [-0.1, -0.05) is 6.07 Å². The average molecular weight is 355 g/mol. The maximum Gasteiger partial charge on any atom is 0.319 e. The molecule has 0 saturated carbocycles. The highest BCUT2D eigenvalue weighted by Gasteiger charge is 2.22. The van der Waals surface area contributed by atoms with Crippen LogP contribution < -0.4 is 16.0 Å². The molecular weight excluding hydrogens is 328 g/mol. The highest BCUT2D eigenvalue weighted by atomic mass is 35.5. The van der Waals surface area contributed by atoms with Gasteiger partial charge in [0.25, 0.3) is 5.91 Å². The summed E-state index contributed by atoms with van der Waals surface area (Å²) >= 11 is 0. The lowest BCUT2D eigenvalue weighted by Gasteiger charge is -2.32. The van der Waals surface area contributed by atoms with Crippen LogP contribution in [0.1, 0.15) is 37.0 Å². The number of carbonyl (C=O) groups is 2. The Kier molecular flexibility index (Phi) is 8.01. The number of anilines is 1. The van der Waals surface area contributed by atoms with Crippen molar-refractivity contribution in [2.75, 3.05) is 25.5 Å². The molecule has 0 aromatic heterocycles. The van der Waals surface area contributed by atoms with Crippen LogP contribution >= 0.6 is 12.4 Å². The monoisotopic (exact) mass is 354 g/mol. The molecule has 3 N–H and O–H groups in total. The van der Waals surface area contributed by atoms with Gasteiger partial charge in [0.05, 0.1) is 0 Å². The minimum Gasteiger partial charge on any atom is -0.339 e. The Bertz CT molecular complexity index is 557. The SMILES string of the molecule is CNC1CCN(C(=O)c2cccc(NC(=O)NC(C)C)c2)CC1.Cl. The van der Waals surface area contributed by atoms with Gasteiger partial charge in [0.15, 0.2) is 0 Å². The molecule has 0 spiro atoms. The third-order valence-corrected chi connectivity index (χ3v) is 3.98. The summed E-state index contributed by atoms with van der Waals surface area (Å²) in [5, 5.41) is 8.78. The van der Waals surface area contributed by atoms with Crippen LogP contribution in [0.4, 0.5) is 10.5 Å². The fourth-order valence-corrected chi connectivity index (χ4v) is 2.71. The second-order valence-corrected chi connectivity index (χ2v) is 6.19. The molecule has 134 valence electrons. The summed E-state index contributed by atoms with van der Waals surface area (Å²) in [5.74, 6) is 0.0208. The van der Waals surface area contributed by atoms with Crippen LogP contribution in [0, 0.1) is 0 Å².